The normalized spacial score (nSPS) is 17.5. The summed E-state index contributed by atoms with van der Waals surface area (Å²) < 4.78 is 5.59. The number of hydrogen-bond acceptors (Lipinski definition) is 2. The zero-order valence-electron chi connectivity index (χ0n) is 8.43. The van der Waals surface area contributed by atoms with Crippen LogP contribution in [-0.4, -0.2) is 11.4 Å². The zero-order chi connectivity index (χ0) is 11.2. The topological polar surface area (TPSA) is 26.3 Å². The summed E-state index contributed by atoms with van der Waals surface area (Å²) in [5.74, 6) is 0.755. The van der Waals surface area contributed by atoms with E-state index in [4.69, 9.17) is 27.9 Å². The number of fused-ring (bicyclic) bond motifs is 1. The number of ketones is 1. The first-order valence-corrected chi connectivity index (χ1v) is 5.50. The minimum atomic E-state index is -0.839. The smallest absolute Gasteiger partial charge is 0.211 e. The second kappa shape index (κ2) is 3.39. The molecule has 0 fully saturated rings. The van der Waals surface area contributed by atoms with E-state index in [9.17, 15) is 4.79 Å². The average Bonchev–Trinajstić information content (AvgIpc) is 2.40. The lowest BCUT2D eigenvalue weighted by atomic mass is 9.99. The Balaban J connectivity index is 2.67. The van der Waals surface area contributed by atoms with E-state index >= 15 is 0 Å². The monoisotopic (exact) mass is 244 g/mol. The van der Waals surface area contributed by atoms with E-state index in [1.165, 1.54) is 0 Å². The number of hydrogen-bond donors (Lipinski definition) is 0. The molecule has 4 heteroatoms. The van der Waals surface area contributed by atoms with Gasteiger partial charge in [-0.15, -0.1) is 11.6 Å². The van der Waals surface area contributed by atoms with Gasteiger partial charge in [0.05, 0.1) is 16.5 Å². The highest BCUT2D eigenvalue weighted by molar-refractivity contribution is 6.35. The lowest BCUT2D eigenvalue weighted by Crippen LogP contribution is -2.32. The molecule has 1 aromatic carbocycles. The lowest BCUT2D eigenvalue weighted by molar-refractivity contribution is 0.0683. The van der Waals surface area contributed by atoms with E-state index < -0.39 is 5.60 Å². The van der Waals surface area contributed by atoms with E-state index in [1.54, 1.807) is 26.0 Å². The molecule has 1 aliphatic rings. The lowest BCUT2D eigenvalue weighted by Gasteiger charge is -2.15. The summed E-state index contributed by atoms with van der Waals surface area (Å²) in [4.78, 5) is 12.0. The van der Waals surface area contributed by atoms with Crippen molar-refractivity contribution in [3.05, 3.63) is 28.3 Å². The average molecular weight is 245 g/mol. The predicted octanol–water partition coefficient (Wildman–Crippen LogP) is 3.43. The maximum Gasteiger partial charge on any atom is 0.211 e. The zero-order valence-corrected chi connectivity index (χ0v) is 9.95. The molecule has 1 heterocycles. The van der Waals surface area contributed by atoms with Crippen molar-refractivity contribution in [2.45, 2.75) is 25.3 Å². The van der Waals surface area contributed by atoms with Crippen molar-refractivity contribution in [2.75, 3.05) is 0 Å². The van der Waals surface area contributed by atoms with Crippen LogP contribution in [0.1, 0.15) is 29.8 Å². The molecule has 0 bridgehead atoms. The number of ether oxygens (including phenoxy) is 1. The maximum absolute atomic E-state index is 12.0. The van der Waals surface area contributed by atoms with Gasteiger partial charge < -0.3 is 4.74 Å². The molecule has 0 atom stereocenters. The van der Waals surface area contributed by atoms with Gasteiger partial charge in [-0.05, 0) is 19.9 Å². The molecule has 0 aromatic heterocycles. The van der Waals surface area contributed by atoms with Crippen LogP contribution in [0.4, 0.5) is 0 Å². The van der Waals surface area contributed by atoms with Crippen molar-refractivity contribution in [2.24, 2.45) is 0 Å². The van der Waals surface area contributed by atoms with Crippen molar-refractivity contribution >= 4 is 29.0 Å². The van der Waals surface area contributed by atoms with Crippen molar-refractivity contribution in [1.29, 1.82) is 0 Å². The van der Waals surface area contributed by atoms with Crippen molar-refractivity contribution < 1.29 is 9.53 Å². The summed E-state index contributed by atoms with van der Waals surface area (Å²) in [6.07, 6.45) is 0. The molecule has 80 valence electrons. The van der Waals surface area contributed by atoms with Crippen molar-refractivity contribution in [3.8, 4) is 5.75 Å². The van der Waals surface area contributed by atoms with Gasteiger partial charge in [0.15, 0.2) is 5.60 Å². The number of carbonyl (C=O) groups is 1. The Labute approximate surface area is 98.1 Å². The largest absolute Gasteiger partial charge is 0.479 e. The summed E-state index contributed by atoms with van der Waals surface area (Å²) in [5, 5.41) is 0.425. The van der Waals surface area contributed by atoms with Gasteiger partial charge in [0.25, 0.3) is 0 Å². The number of halogens is 2. The third-order valence-electron chi connectivity index (χ3n) is 2.46. The Kier molecular flexibility index (Phi) is 2.44. The third kappa shape index (κ3) is 1.52. The molecule has 1 aliphatic heterocycles. The molecule has 0 radical (unpaired) electrons. The number of carbonyl (C=O) groups excluding carboxylic acids is 1. The summed E-state index contributed by atoms with van der Waals surface area (Å²) in [7, 11) is 0. The van der Waals surface area contributed by atoms with Gasteiger partial charge >= 0.3 is 0 Å². The van der Waals surface area contributed by atoms with Crippen LogP contribution in [0.2, 0.25) is 5.02 Å². The fraction of sp³-hybridized carbons (Fsp3) is 0.364. The van der Waals surface area contributed by atoms with Crippen molar-refractivity contribution in [1.82, 2.24) is 0 Å². The fourth-order valence-corrected chi connectivity index (χ4v) is 2.08. The van der Waals surface area contributed by atoms with Gasteiger partial charge in [-0.1, -0.05) is 17.7 Å². The van der Waals surface area contributed by atoms with Crippen LogP contribution in [0.15, 0.2) is 12.1 Å². The number of alkyl halides is 1. The Morgan fingerprint density at radius 2 is 2.07 bits per heavy atom. The van der Waals surface area contributed by atoms with E-state index in [0.717, 1.165) is 5.56 Å². The third-order valence-corrected chi connectivity index (χ3v) is 3.07. The molecule has 0 spiro atoms. The van der Waals surface area contributed by atoms with Crippen LogP contribution in [0.5, 0.6) is 5.75 Å². The van der Waals surface area contributed by atoms with Crippen LogP contribution in [0.3, 0.4) is 0 Å². The molecule has 1 aromatic rings. The number of benzene rings is 1. The highest BCUT2D eigenvalue weighted by Gasteiger charge is 2.42. The van der Waals surface area contributed by atoms with Gasteiger partial charge in [0.1, 0.15) is 5.75 Å². The summed E-state index contributed by atoms with van der Waals surface area (Å²) >= 11 is 11.7. The second-order valence-electron chi connectivity index (χ2n) is 3.99. The standard InChI is InChI=1S/C11H10Cl2O2/c1-11(2)10(14)8-7(13)4-3-6(5-12)9(8)15-11/h3-4H,5H2,1-2H3. The number of Topliss-reactive ketones (excluding diaryl/α,β-unsaturated/α-hetero) is 1. The molecule has 0 unspecified atom stereocenters. The molecule has 0 saturated carbocycles. The highest BCUT2D eigenvalue weighted by Crippen LogP contribution is 2.41. The minimum Gasteiger partial charge on any atom is -0.479 e. The van der Waals surface area contributed by atoms with E-state index in [1.807, 2.05) is 0 Å². The second-order valence-corrected chi connectivity index (χ2v) is 4.66. The summed E-state index contributed by atoms with van der Waals surface area (Å²) in [5.41, 5.74) is 0.420. The molecule has 0 saturated heterocycles. The Morgan fingerprint density at radius 3 is 2.67 bits per heavy atom. The van der Waals surface area contributed by atoms with Crippen LogP contribution in [0.25, 0.3) is 0 Å². The van der Waals surface area contributed by atoms with Crippen LogP contribution >= 0.6 is 23.2 Å². The van der Waals surface area contributed by atoms with Gasteiger partial charge in [-0.25, -0.2) is 0 Å². The van der Waals surface area contributed by atoms with E-state index in [0.29, 0.717) is 22.2 Å². The van der Waals surface area contributed by atoms with Gasteiger partial charge in [-0.2, -0.15) is 0 Å². The highest BCUT2D eigenvalue weighted by atomic mass is 35.5. The van der Waals surface area contributed by atoms with Crippen LogP contribution in [-0.2, 0) is 5.88 Å². The summed E-state index contributed by atoms with van der Waals surface area (Å²) in [6, 6.07) is 3.46. The van der Waals surface area contributed by atoms with Crippen LogP contribution in [0, 0.1) is 0 Å². The Morgan fingerprint density at radius 1 is 1.40 bits per heavy atom. The summed E-state index contributed by atoms with van der Waals surface area (Å²) in [6.45, 7) is 3.45. The molecular formula is C11H10Cl2O2. The van der Waals surface area contributed by atoms with Crippen LogP contribution < -0.4 is 4.74 Å². The number of rotatable bonds is 1. The SMILES string of the molecule is CC1(C)Oc2c(CCl)ccc(Cl)c2C1=O. The molecule has 2 rings (SSSR count). The van der Waals surface area contributed by atoms with E-state index in [2.05, 4.69) is 0 Å². The molecule has 0 aliphatic carbocycles. The fourth-order valence-electron chi connectivity index (χ4n) is 1.64. The Hall–Kier alpha value is -0.730. The first-order chi connectivity index (χ1) is 6.97. The van der Waals surface area contributed by atoms with Gasteiger partial charge in [0, 0.05) is 5.56 Å². The van der Waals surface area contributed by atoms with E-state index in [-0.39, 0.29) is 5.78 Å². The first kappa shape index (κ1) is 10.8. The first-order valence-electron chi connectivity index (χ1n) is 4.58. The maximum atomic E-state index is 12.0. The Bertz CT molecular complexity index is 438. The van der Waals surface area contributed by atoms with Gasteiger partial charge in [0.2, 0.25) is 5.78 Å². The minimum absolute atomic E-state index is 0.0885. The van der Waals surface area contributed by atoms with Crippen molar-refractivity contribution in [3.63, 3.8) is 0 Å². The molecular weight excluding hydrogens is 235 g/mol. The molecule has 0 N–H and O–H groups in total. The quantitative estimate of drug-likeness (QED) is 0.708. The van der Waals surface area contributed by atoms with Gasteiger partial charge in [-0.3, -0.25) is 4.79 Å². The predicted molar refractivity (Wildman–Crippen MR) is 60.0 cm³/mol. The molecule has 15 heavy (non-hydrogen) atoms. The molecule has 2 nitrogen and oxygen atoms in total. The molecule has 0 amide bonds.